The van der Waals surface area contributed by atoms with E-state index in [-0.39, 0.29) is 23.0 Å². The number of alkyl halides is 2. The number of ether oxygens (including phenoxy) is 1. The summed E-state index contributed by atoms with van der Waals surface area (Å²) in [6, 6.07) is 1.10. The number of rotatable bonds is 3. The molecule has 0 aliphatic rings. The predicted molar refractivity (Wildman–Crippen MR) is 54.6 cm³/mol. The van der Waals surface area contributed by atoms with Crippen molar-refractivity contribution < 1.29 is 18.3 Å². The second-order valence-electron chi connectivity index (χ2n) is 2.81. The predicted octanol–water partition coefficient (Wildman–Crippen LogP) is 2.43. The van der Waals surface area contributed by atoms with Crippen LogP contribution in [0.3, 0.4) is 0 Å². The van der Waals surface area contributed by atoms with Crippen molar-refractivity contribution in [2.75, 3.05) is 12.3 Å². The number of nitrogens with two attached hydrogens (primary N) is 1. The first kappa shape index (κ1) is 12.6. The molecule has 0 saturated carbocycles. The zero-order chi connectivity index (χ0) is 12.3. The molecule has 7 heteroatoms. The maximum Gasteiger partial charge on any atom is 0.356 e. The number of hydrogen-bond acceptors (Lipinski definition) is 4. The number of carbonyl (C=O) groups excluding carboxylic acids is 1. The molecule has 0 amide bonds. The van der Waals surface area contributed by atoms with Gasteiger partial charge in [-0.15, -0.1) is 0 Å². The van der Waals surface area contributed by atoms with Crippen molar-refractivity contribution in [2.45, 2.75) is 13.3 Å². The Hall–Kier alpha value is -1.43. The Kier molecular flexibility index (Phi) is 4.00. The van der Waals surface area contributed by atoms with Gasteiger partial charge in [0.05, 0.1) is 17.3 Å². The van der Waals surface area contributed by atoms with Gasteiger partial charge in [-0.1, -0.05) is 11.6 Å². The molecule has 0 spiro atoms. The topological polar surface area (TPSA) is 65.2 Å². The molecule has 0 bridgehead atoms. The first-order valence-corrected chi connectivity index (χ1v) is 4.76. The quantitative estimate of drug-likeness (QED) is 0.837. The van der Waals surface area contributed by atoms with E-state index in [4.69, 9.17) is 17.3 Å². The Bertz CT molecular complexity index is 413. The lowest BCUT2D eigenvalue weighted by Crippen LogP contribution is -2.10. The number of anilines is 1. The van der Waals surface area contributed by atoms with Crippen LogP contribution in [0.15, 0.2) is 6.07 Å². The van der Waals surface area contributed by atoms with Crippen LogP contribution in [-0.4, -0.2) is 17.6 Å². The number of carbonyl (C=O) groups is 1. The molecule has 16 heavy (non-hydrogen) atoms. The van der Waals surface area contributed by atoms with E-state index < -0.39 is 18.1 Å². The van der Waals surface area contributed by atoms with Crippen molar-refractivity contribution >= 4 is 23.3 Å². The van der Waals surface area contributed by atoms with Gasteiger partial charge in [-0.05, 0) is 13.0 Å². The Balaban J connectivity index is 3.18. The van der Waals surface area contributed by atoms with Crippen LogP contribution in [0.1, 0.15) is 29.5 Å². The largest absolute Gasteiger partial charge is 0.461 e. The highest BCUT2D eigenvalue weighted by molar-refractivity contribution is 6.33. The van der Waals surface area contributed by atoms with Crippen LogP contribution in [0, 0.1) is 0 Å². The molecular weight excluding hydrogens is 242 g/mol. The fourth-order valence-electron chi connectivity index (χ4n) is 1.02. The van der Waals surface area contributed by atoms with E-state index in [1.54, 1.807) is 6.92 Å². The summed E-state index contributed by atoms with van der Waals surface area (Å²) in [7, 11) is 0. The smallest absolute Gasteiger partial charge is 0.356 e. The zero-order valence-corrected chi connectivity index (χ0v) is 9.09. The Morgan fingerprint density at radius 3 is 2.81 bits per heavy atom. The fraction of sp³-hybridized carbons (Fsp3) is 0.333. The highest BCUT2D eigenvalue weighted by Crippen LogP contribution is 2.29. The first-order valence-electron chi connectivity index (χ1n) is 4.38. The summed E-state index contributed by atoms with van der Waals surface area (Å²) in [6.45, 7) is 1.71. The summed E-state index contributed by atoms with van der Waals surface area (Å²) >= 11 is 5.60. The number of pyridine rings is 1. The van der Waals surface area contributed by atoms with Crippen LogP contribution in [0.5, 0.6) is 0 Å². The lowest BCUT2D eigenvalue weighted by atomic mass is 10.2. The second kappa shape index (κ2) is 5.07. The Labute approximate surface area is 95.4 Å². The first-order chi connectivity index (χ1) is 7.47. The van der Waals surface area contributed by atoms with E-state index in [9.17, 15) is 13.6 Å². The number of nitrogen functional groups attached to an aromatic ring is 1. The van der Waals surface area contributed by atoms with Crippen molar-refractivity contribution in [3.05, 3.63) is 22.5 Å². The molecule has 0 radical (unpaired) electrons. The minimum Gasteiger partial charge on any atom is -0.461 e. The zero-order valence-electron chi connectivity index (χ0n) is 8.34. The maximum absolute atomic E-state index is 12.5. The summed E-state index contributed by atoms with van der Waals surface area (Å²) in [5.74, 6) is -0.814. The third kappa shape index (κ3) is 2.57. The number of esters is 1. The molecule has 2 N–H and O–H groups in total. The van der Waals surface area contributed by atoms with Crippen LogP contribution in [0.2, 0.25) is 5.02 Å². The molecule has 1 aromatic rings. The van der Waals surface area contributed by atoms with Gasteiger partial charge in [-0.3, -0.25) is 0 Å². The molecule has 88 valence electrons. The van der Waals surface area contributed by atoms with Gasteiger partial charge in [0, 0.05) is 0 Å². The molecule has 1 aromatic heterocycles. The standard InChI is InChI=1S/C9H9ClF2N2O2/c1-2-16-9(15)5-3-4(10)6(13)7(14-5)8(11)12/h3,8H,2,13H2,1H3. The molecule has 0 atom stereocenters. The summed E-state index contributed by atoms with van der Waals surface area (Å²) in [5, 5.41) is -0.145. The van der Waals surface area contributed by atoms with E-state index in [1.165, 1.54) is 0 Å². The van der Waals surface area contributed by atoms with Crippen molar-refractivity contribution in [1.82, 2.24) is 4.98 Å². The Morgan fingerprint density at radius 1 is 1.69 bits per heavy atom. The van der Waals surface area contributed by atoms with E-state index in [2.05, 4.69) is 9.72 Å². The highest BCUT2D eigenvalue weighted by Gasteiger charge is 2.20. The lowest BCUT2D eigenvalue weighted by molar-refractivity contribution is 0.0518. The van der Waals surface area contributed by atoms with Crippen LogP contribution in [-0.2, 0) is 4.74 Å². The summed E-state index contributed by atoms with van der Waals surface area (Å²) in [4.78, 5) is 14.7. The lowest BCUT2D eigenvalue weighted by Gasteiger charge is -2.08. The van der Waals surface area contributed by atoms with E-state index >= 15 is 0 Å². The molecule has 1 heterocycles. The van der Waals surface area contributed by atoms with Gasteiger partial charge in [0.25, 0.3) is 6.43 Å². The monoisotopic (exact) mass is 250 g/mol. The normalized spacial score (nSPS) is 10.6. The van der Waals surface area contributed by atoms with Gasteiger partial charge < -0.3 is 10.5 Å². The van der Waals surface area contributed by atoms with Gasteiger partial charge in [-0.25, -0.2) is 18.6 Å². The van der Waals surface area contributed by atoms with Gasteiger partial charge in [0.15, 0.2) is 5.69 Å². The van der Waals surface area contributed by atoms with Crippen LogP contribution in [0.4, 0.5) is 14.5 Å². The van der Waals surface area contributed by atoms with Crippen LogP contribution >= 0.6 is 11.6 Å². The third-order valence-electron chi connectivity index (χ3n) is 1.73. The van der Waals surface area contributed by atoms with Gasteiger partial charge in [-0.2, -0.15) is 0 Å². The minimum absolute atomic E-state index is 0.118. The molecule has 0 aromatic carbocycles. The minimum atomic E-state index is -2.90. The molecule has 0 aliphatic heterocycles. The van der Waals surface area contributed by atoms with Crippen molar-refractivity contribution in [2.24, 2.45) is 0 Å². The van der Waals surface area contributed by atoms with Crippen molar-refractivity contribution in [3.8, 4) is 0 Å². The maximum atomic E-state index is 12.5. The van der Waals surface area contributed by atoms with E-state index in [1.807, 2.05) is 0 Å². The summed E-state index contributed by atoms with van der Waals surface area (Å²) in [6.07, 6.45) is -2.90. The summed E-state index contributed by atoms with van der Waals surface area (Å²) in [5.41, 5.74) is 3.98. The van der Waals surface area contributed by atoms with Crippen molar-refractivity contribution in [3.63, 3.8) is 0 Å². The highest BCUT2D eigenvalue weighted by atomic mass is 35.5. The number of nitrogens with zero attached hydrogens (tertiary/aromatic N) is 1. The number of halogens is 3. The van der Waals surface area contributed by atoms with Crippen LogP contribution in [0.25, 0.3) is 0 Å². The SMILES string of the molecule is CCOC(=O)c1cc(Cl)c(N)c(C(F)F)n1. The molecule has 0 saturated heterocycles. The molecule has 0 aliphatic carbocycles. The molecular formula is C9H9ClF2N2O2. The fourth-order valence-corrected chi connectivity index (χ4v) is 1.22. The third-order valence-corrected chi connectivity index (χ3v) is 2.04. The van der Waals surface area contributed by atoms with Crippen LogP contribution < -0.4 is 5.73 Å². The number of aromatic nitrogens is 1. The molecule has 0 unspecified atom stereocenters. The van der Waals surface area contributed by atoms with Crippen molar-refractivity contribution in [1.29, 1.82) is 0 Å². The second-order valence-corrected chi connectivity index (χ2v) is 3.22. The molecule has 4 nitrogen and oxygen atoms in total. The molecule has 0 fully saturated rings. The number of hydrogen-bond donors (Lipinski definition) is 1. The van der Waals surface area contributed by atoms with E-state index in [0.29, 0.717) is 0 Å². The molecule has 1 rings (SSSR count). The summed E-state index contributed by atoms with van der Waals surface area (Å²) < 4.78 is 29.6. The Morgan fingerprint density at radius 2 is 2.31 bits per heavy atom. The van der Waals surface area contributed by atoms with Gasteiger partial charge >= 0.3 is 5.97 Å². The van der Waals surface area contributed by atoms with Gasteiger partial charge in [0.1, 0.15) is 5.69 Å². The average Bonchev–Trinajstić information content (AvgIpc) is 2.21. The average molecular weight is 251 g/mol. The van der Waals surface area contributed by atoms with E-state index in [0.717, 1.165) is 6.07 Å². The van der Waals surface area contributed by atoms with Gasteiger partial charge in [0.2, 0.25) is 0 Å².